The SMILES string of the molecule is CC(C)NCc1cc(F)c(N(CC2CC2)C2CC2)c(F)c1. The fourth-order valence-corrected chi connectivity index (χ4v) is 2.70. The van der Waals surface area contributed by atoms with Crippen molar-refractivity contribution in [3.8, 4) is 0 Å². The molecule has 21 heavy (non-hydrogen) atoms. The van der Waals surface area contributed by atoms with E-state index in [9.17, 15) is 8.78 Å². The first kappa shape index (κ1) is 14.8. The number of benzene rings is 1. The van der Waals surface area contributed by atoms with Crippen molar-refractivity contribution in [3.63, 3.8) is 0 Å². The standard InChI is InChI=1S/C17H24F2N2/c1-11(2)20-9-13-7-15(18)17(16(19)8-13)21(14-5-6-14)10-12-3-4-12/h7-8,11-12,14,20H,3-6,9-10H2,1-2H3. The number of hydrogen-bond acceptors (Lipinski definition) is 2. The van der Waals surface area contributed by atoms with Crippen molar-refractivity contribution in [3.05, 3.63) is 29.3 Å². The van der Waals surface area contributed by atoms with Gasteiger partial charge in [-0.3, -0.25) is 0 Å². The predicted octanol–water partition coefficient (Wildman–Crippen LogP) is 3.84. The third-order valence-corrected chi connectivity index (χ3v) is 4.22. The van der Waals surface area contributed by atoms with Crippen molar-refractivity contribution in [1.82, 2.24) is 5.32 Å². The summed E-state index contributed by atoms with van der Waals surface area (Å²) in [6.07, 6.45) is 4.51. The van der Waals surface area contributed by atoms with Gasteiger partial charge in [0.1, 0.15) is 17.3 Å². The largest absolute Gasteiger partial charge is 0.364 e. The van der Waals surface area contributed by atoms with Gasteiger partial charge in [0.15, 0.2) is 0 Å². The van der Waals surface area contributed by atoms with Crippen LogP contribution in [0.1, 0.15) is 45.1 Å². The molecule has 2 fully saturated rings. The van der Waals surface area contributed by atoms with Crippen LogP contribution in [0.4, 0.5) is 14.5 Å². The molecule has 0 amide bonds. The van der Waals surface area contributed by atoms with Crippen LogP contribution >= 0.6 is 0 Å². The molecule has 3 rings (SSSR count). The lowest BCUT2D eigenvalue weighted by atomic mass is 10.1. The Morgan fingerprint density at radius 2 is 1.76 bits per heavy atom. The molecule has 0 spiro atoms. The molecule has 0 bridgehead atoms. The number of nitrogens with one attached hydrogen (secondary N) is 1. The van der Waals surface area contributed by atoms with Crippen LogP contribution in [-0.2, 0) is 6.54 Å². The van der Waals surface area contributed by atoms with Gasteiger partial charge >= 0.3 is 0 Å². The van der Waals surface area contributed by atoms with E-state index in [1.165, 1.54) is 25.0 Å². The highest BCUT2D eigenvalue weighted by atomic mass is 19.1. The summed E-state index contributed by atoms with van der Waals surface area (Å²) in [5.74, 6) is -0.196. The van der Waals surface area contributed by atoms with Gasteiger partial charge in [0, 0.05) is 25.2 Å². The molecular weight excluding hydrogens is 270 g/mol. The van der Waals surface area contributed by atoms with Crippen molar-refractivity contribution in [1.29, 1.82) is 0 Å². The fourth-order valence-electron chi connectivity index (χ4n) is 2.70. The highest BCUT2D eigenvalue weighted by molar-refractivity contribution is 5.53. The highest BCUT2D eigenvalue weighted by Crippen LogP contribution is 2.39. The lowest BCUT2D eigenvalue weighted by molar-refractivity contribution is 0.549. The zero-order chi connectivity index (χ0) is 15.0. The summed E-state index contributed by atoms with van der Waals surface area (Å²) in [6.45, 7) is 5.34. The van der Waals surface area contributed by atoms with E-state index >= 15 is 0 Å². The average Bonchev–Trinajstić information content (AvgIpc) is 3.25. The van der Waals surface area contributed by atoms with Gasteiger partial charge in [-0.05, 0) is 49.3 Å². The Labute approximate surface area is 125 Å². The lowest BCUT2D eigenvalue weighted by Gasteiger charge is -2.26. The van der Waals surface area contributed by atoms with Crippen LogP contribution < -0.4 is 10.2 Å². The van der Waals surface area contributed by atoms with Crippen molar-refractivity contribution in [2.24, 2.45) is 5.92 Å². The Bertz CT molecular complexity index is 485. The summed E-state index contributed by atoms with van der Waals surface area (Å²) in [5, 5.41) is 3.20. The molecule has 0 unspecified atom stereocenters. The smallest absolute Gasteiger partial charge is 0.149 e. The van der Waals surface area contributed by atoms with E-state index in [1.54, 1.807) is 0 Å². The lowest BCUT2D eigenvalue weighted by Crippen LogP contribution is -2.30. The maximum Gasteiger partial charge on any atom is 0.149 e. The van der Waals surface area contributed by atoms with Crippen LogP contribution in [0.3, 0.4) is 0 Å². The van der Waals surface area contributed by atoms with Crippen molar-refractivity contribution < 1.29 is 8.78 Å². The molecule has 0 aliphatic heterocycles. The van der Waals surface area contributed by atoms with E-state index in [-0.39, 0.29) is 5.69 Å². The highest BCUT2D eigenvalue weighted by Gasteiger charge is 2.36. The molecule has 1 aromatic rings. The second kappa shape index (κ2) is 5.91. The predicted molar refractivity (Wildman–Crippen MR) is 81.4 cm³/mol. The van der Waals surface area contributed by atoms with Gasteiger partial charge in [0.05, 0.1) is 0 Å². The van der Waals surface area contributed by atoms with Crippen LogP contribution in [0.2, 0.25) is 0 Å². The van der Waals surface area contributed by atoms with E-state index in [2.05, 4.69) is 5.32 Å². The summed E-state index contributed by atoms with van der Waals surface area (Å²) < 4.78 is 28.9. The van der Waals surface area contributed by atoms with Crippen LogP contribution in [0.15, 0.2) is 12.1 Å². The van der Waals surface area contributed by atoms with Gasteiger partial charge in [0.25, 0.3) is 0 Å². The Kier molecular flexibility index (Phi) is 4.16. The van der Waals surface area contributed by atoms with Crippen LogP contribution in [0.5, 0.6) is 0 Å². The number of anilines is 1. The molecule has 4 heteroatoms. The number of hydrogen-bond donors (Lipinski definition) is 1. The van der Waals surface area contributed by atoms with E-state index < -0.39 is 11.6 Å². The number of rotatable bonds is 7. The van der Waals surface area contributed by atoms with E-state index in [4.69, 9.17) is 0 Å². The van der Waals surface area contributed by atoms with Crippen LogP contribution in [0, 0.1) is 17.6 Å². The van der Waals surface area contributed by atoms with Crippen molar-refractivity contribution >= 4 is 5.69 Å². The first-order chi connectivity index (χ1) is 10.0. The first-order valence-electron chi connectivity index (χ1n) is 8.02. The Balaban J connectivity index is 1.80. The molecule has 0 radical (unpaired) electrons. The number of nitrogens with zero attached hydrogens (tertiary/aromatic N) is 1. The molecule has 2 aliphatic carbocycles. The molecular formula is C17H24F2N2. The molecule has 2 aliphatic rings. The monoisotopic (exact) mass is 294 g/mol. The summed E-state index contributed by atoms with van der Waals surface area (Å²) in [5.41, 5.74) is 0.863. The van der Waals surface area contributed by atoms with E-state index in [1.807, 2.05) is 18.7 Å². The Hall–Kier alpha value is -1.16. The van der Waals surface area contributed by atoms with Gasteiger partial charge in [0.2, 0.25) is 0 Å². The minimum atomic E-state index is -0.414. The Morgan fingerprint density at radius 3 is 2.24 bits per heavy atom. The van der Waals surface area contributed by atoms with Crippen molar-refractivity contribution in [2.45, 2.75) is 58.2 Å². The zero-order valence-electron chi connectivity index (χ0n) is 12.8. The fraction of sp³-hybridized carbons (Fsp3) is 0.647. The first-order valence-corrected chi connectivity index (χ1v) is 8.02. The summed E-state index contributed by atoms with van der Waals surface area (Å²) in [6, 6.07) is 3.61. The molecule has 1 aromatic carbocycles. The molecule has 116 valence electrons. The van der Waals surface area contributed by atoms with Gasteiger partial charge in [-0.2, -0.15) is 0 Å². The molecule has 0 aromatic heterocycles. The van der Waals surface area contributed by atoms with Crippen molar-refractivity contribution in [2.75, 3.05) is 11.4 Å². The van der Waals surface area contributed by atoms with Crippen LogP contribution in [0.25, 0.3) is 0 Å². The van der Waals surface area contributed by atoms with Crippen LogP contribution in [-0.4, -0.2) is 18.6 Å². The normalized spacial score (nSPS) is 18.3. The van der Waals surface area contributed by atoms with E-state index in [0.29, 0.717) is 30.1 Å². The second-order valence-electron chi connectivity index (χ2n) is 6.77. The van der Waals surface area contributed by atoms with Gasteiger partial charge in [-0.15, -0.1) is 0 Å². The van der Waals surface area contributed by atoms with Gasteiger partial charge < -0.3 is 10.2 Å². The molecule has 0 atom stereocenters. The summed E-state index contributed by atoms with van der Waals surface area (Å²) >= 11 is 0. The second-order valence-corrected chi connectivity index (χ2v) is 6.77. The molecule has 0 saturated heterocycles. The van der Waals surface area contributed by atoms with E-state index in [0.717, 1.165) is 19.4 Å². The minimum Gasteiger partial charge on any atom is -0.364 e. The third-order valence-electron chi connectivity index (χ3n) is 4.22. The Morgan fingerprint density at radius 1 is 1.14 bits per heavy atom. The summed E-state index contributed by atoms with van der Waals surface area (Å²) in [7, 11) is 0. The number of halogens is 2. The third kappa shape index (κ3) is 3.73. The minimum absolute atomic E-state index is 0.192. The van der Waals surface area contributed by atoms with Gasteiger partial charge in [-0.25, -0.2) is 8.78 Å². The molecule has 0 heterocycles. The average molecular weight is 294 g/mol. The zero-order valence-corrected chi connectivity index (χ0v) is 12.8. The topological polar surface area (TPSA) is 15.3 Å². The molecule has 2 nitrogen and oxygen atoms in total. The maximum absolute atomic E-state index is 14.4. The summed E-state index contributed by atoms with van der Waals surface area (Å²) in [4.78, 5) is 1.97. The quantitative estimate of drug-likeness (QED) is 0.822. The molecule has 2 saturated carbocycles. The maximum atomic E-state index is 14.4. The van der Waals surface area contributed by atoms with Gasteiger partial charge in [-0.1, -0.05) is 13.8 Å². The molecule has 1 N–H and O–H groups in total.